The Balaban J connectivity index is 1.87. The zero-order valence-corrected chi connectivity index (χ0v) is 12.0. The van der Waals surface area contributed by atoms with E-state index in [1.807, 2.05) is 18.2 Å². The monoisotopic (exact) mass is 293 g/mol. The summed E-state index contributed by atoms with van der Waals surface area (Å²) < 4.78 is 0. The van der Waals surface area contributed by atoms with E-state index in [1.165, 1.54) is 5.56 Å². The van der Waals surface area contributed by atoms with Crippen LogP contribution in [0.15, 0.2) is 30.3 Å². The molecule has 1 atom stereocenters. The first-order valence-electron chi connectivity index (χ1n) is 6.15. The fraction of sp³-hybridized carbons (Fsp3) is 0.286. The molecular formula is C14H13Cl2N3. The van der Waals surface area contributed by atoms with Gasteiger partial charge in [-0.25, -0.2) is 9.97 Å². The molecule has 1 aromatic carbocycles. The van der Waals surface area contributed by atoms with Crippen molar-refractivity contribution >= 4 is 23.2 Å². The minimum Gasteiger partial charge on any atom is -0.286 e. The van der Waals surface area contributed by atoms with Crippen molar-refractivity contribution in [3.05, 3.63) is 57.6 Å². The Labute approximate surface area is 122 Å². The van der Waals surface area contributed by atoms with Crippen molar-refractivity contribution in [2.75, 3.05) is 0 Å². The van der Waals surface area contributed by atoms with Gasteiger partial charge in [-0.05, 0) is 24.1 Å². The Morgan fingerprint density at radius 3 is 2.68 bits per heavy atom. The van der Waals surface area contributed by atoms with E-state index in [9.17, 15) is 0 Å². The molecule has 1 aromatic heterocycles. The first-order chi connectivity index (χ1) is 9.15. The van der Waals surface area contributed by atoms with E-state index in [0.717, 1.165) is 24.3 Å². The molecule has 1 aliphatic rings. The van der Waals surface area contributed by atoms with Gasteiger partial charge in [-0.3, -0.25) is 4.90 Å². The molecule has 1 aliphatic heterocycles. The normalized spacial score (nSPS) is 18.6. The van der Waals surface area contributed by atoms with Crippen LogP contribution in [0.5, 0.6) is 0 Å². The number of benzene rings is 1. The van der Waals surface area contributed by atoms with Crippen LogP contribution in [0, 0.1) is 0 Å². The van der Waals surface area contributed by atoms with Crippen molar-refractivity contribution < 1.29 is 0 Å². The van der Waals surface area contributed by atoms with Crippen LogP contribution in [0.2, 0.25) is 10.4 Å². The summed E-state index contributed by atoms with van der Waals surface area (Å²) in [4.78, 5) is 10.6. The van der Waals surface area contributed by atoms with Crippen LogP contribution in [-0.2, 0) is 13.1 Å². The summed E-state index contributed by atoms with van der Waals surface area (Å²) in [6.07, 6.45) is 0. The van der Waals surface area contributed by atoms with Gasteiger partial charge in [0.25, 0.3) is 0 Å². The number of nitrogens with zero attached hydrogens (tertiary/aromatic N) is 3. The fourth-order valence-corrected chi connectivity index (χ4v) is 3.09. The summed E-state index contributed by atoms with van der Waals surface area (Å²) in [5, 5.41) is 0.690. The molecule has 0 aliphatic carbocycles. The van der Waals surface area contributed by atoms with Crippen molar-refractivity contribution in [3.63, 3.8) is 0 Å². The average Bonchev–Trinajstić information content (AvgIpc) is 2.67. The highest BCUT2D eigenvalue weighted by molar-refractivity contribution is 6.32. The molecule has 0 bridgehead atoms. The van der Waals surface area contributed by atoms with Crippen molar-refractivity contribution in [3.8, 4) is 0 Å². The van der Waals surface area contributed by atoms with Crippen LogP contribution in [0.3, 0.4) is 0 Å². The quantitative estimate of drug-likeness (QED) is 0.622. The minimum absolute atomic E-state index is 0.208. The van der Waals surface area contributed by atoms with E-state index in [0.29, 0.717) is 5.15 Å². The Bertz CT molecular complexity index is 601. The molecule has 19 heavy (non-hydrogen) atoms. The van der Waals surface area contributed by atoms with Crippen LogP contribution in [-0.4, -0.2) is 14.9 Å². The molecule has 5 heteroatoms. The number of hydrogen-bond donors (Lipinski definition) is 0. The van der Waals surface area contributed by atoms with Crippen LogP contribution in [0.4, 0.5) is 0 Å². The van der Waals surface area contributed by atoms with Gasteiger partial charge in [0.05, 0.1) is 5.69 Å². The first kappa shape index (κ1) is 12.9. The summed E-state index contributed by atoms with van der Waals surface area (Å²) in [7, 11) is 0. The molecule has 0 amide bonds. The maximum atomic E-state index is 6.18. The Kier molecular flexibility index (Phi) is 3.44. The lowest BCUT2D eigenvalue weighted by molar-refractivity contribution is 0.219. The summed E-state index contributed by atoms with van der Waals surface area (Å²) in [6, 6.07) is 10.6. The third-order valence-corrected chi connectivity index (χ3v) is 3.95. The second kappa shape index (κ2) is 5.08. The molecule has 2 heterocycles. The number of fused-ring (bicyclic) bond motifs is 1. The van der Waals surface area contributed by atoms with Crippen LogP contribution >= 0.6 is 23.2 Å². The third kappa shape index (κ3) is 2.46. The van der Waals surface area contributed by atoms with Crippen molar-refractivity contribution in [2.24, 2.45) is 0 Å². The average molecular weight is 294 g/mol. The molecule has 0 saturated heterocycles. The van der Waals surface area contributed by atoms with Crippen LogP contribution in [0.25, 0.3) is 0 Å². The highest BCUT2D eigenvalue weighted by Crippen LogP contribution is 2.37. The van der Waals surface area contributed by atoms with E-state index in [2.05, 4.69) is 33.9 Å². The molecular weight excluding hydrogens is 281 g/mol. The molecule has 3 nitrogen and oxygen atoms in total. The molecule has 3 rings (SSSR count). The van der Waals surface area contributed by atoms with Crippen LogP contribution < -0.4 is 0 Å². The highest BCUT2D eigenvalue weighted by Gasteiger charge is 2.31. The van der Waals surface area contributed by atoms with Gasteiger partial charge in [0.2, 0.25) is 5.28 Å². The molecule has 2 aromatic rings. The molecule has 0 fully saturated rings. The highest BCUT2D eigenvalue weighted by atomic mass is 35.5. The number of rotatable bonds is 2. The van der Waals surface area contributed by atoms with Gasteiger partial charge in [0.15, 0.2) is 0 Å². The number of hydrogen-bond acceptors (Lipinski definition) is 3. The first-order valence-corrected chi connectivity index (χ1v) is 6.90. The standard InChI is InChI=1S/C14H13Cl2N3/c1-9-12-11(17-14(16)18-13(12)15)8-19(9)7-10-5-3-2-4-6-10/h2-6,9H,7-8H2,1H3. The molecule has 0 radical (unpaired) electrons. The zero-order chi connectivity index (χ0) is 13.4. The molecule has 1 unspecified atom stereocenters. The van der Waals surface area contributed by atoms with Gasteiger partial charge in [0.1, 0.15) is 5.15 Å². The van der Waals surface area contributed by atoms with Crippen LogP contribution in [0.1, 0.15) is 29.8 Å². The number of halogens is 2. The van der Waals surface area contributed by atoms with E-state index in [-0.39, 0.29) is 11.3 Å². The lowest BCUT2D eigenvalue weighted by atomic mass is 10.1. The Morgan fingerprint density at radius 2 is 1.95 bits per heavy atom. The second-order valence-electron chi connectivity index (χ2n) is 4.71. The fourth-order valence-electron chi connectivity index (χ4n) is 2.51. The van der Waals surface area contributed by atoms with E-state index < -0.39 is 0 Å². The maximum absolute atomic E-state index is 6.18. The zero-order valence-electron chi connectivity index (χ0n) is 10.5. The van der Waals surface area contributed by atoms with Gasteiger partial charge in [0, 0.05) is 24.7 Å². The molecule has 0 spiro atoms. The summed E-state index contributed by atoms with van der Waals surface area (Å²) in [5.41, 5.74) is 3.22. The largest absolute Gasteiger partial charge is 0.286 e. The van der Waals surface area contributed by atoms with E-state index >= 15 is 0 Å². The van der Waals surface area contributed by atoms with Gasteiger partial charge in [-0.1, -0.05) is 41.9 Å². The smallest absolute Gasteiger partial charge is 0.224 e. The lowest BCUT2D eigenvalue weighted by Crippen LogP contribution is -2.19. The second-order valence-corrected chi connectivity index (χ2v) is 5.41. The van der Waals surface area contributed by atoms with Gasteiger partial charge >= 0.3 is 0 Å². The van der Waals surface area contributed by atoms with Gasteiger partial charge in [-0.15, -0.1) is 0 Å². The van der Waals surface area contributed by atoms with Crippen molar-refractivity contribution in [1.82, 2.24) is 14.9 Å². The molecule has 0 N–H and O–H groups in total. The van der Waals surface area contributed by atoms with Crippen molar-refractivity contribution in [2.45, 2.75) is 26.1 Å². The van der Waals surface area contributed by atoms with Crippen molar-refractivity contribution in [1.29, 1.82) is 0 Å². The van der Waals surface area contributed by atoms with Gasteiger partial charge in [-0.2, -0.15) is 0 Å². The maximum Gasteiger partial charge on any atom is 0.224 e. The third-order valence-electron chi connectivity index (χ3n) is 3.50. The predicted octanol–water partition coefficient (Wildman–Crippen LogP) is 3.86. The number of aromatic nitrogens is 2. The molecule has 98 valence electrons. The SMILES string of the molecule is CC1c2c(Cl)nc(Cl)nc2CN1Cc1ccccc1. The topological polar surface area (TPSA) is 29.0 Å². The molecule has 0 saturated carbocycles. The predicted molar refractivity (Wildman–Crippen MR) is 76.2 cm³/mol. The summed E-state index contributed by atoms with van der Waals surface area (Å²) in [5.74, 6) is 0. The van der Waals surface area contributed by atoms with E-state index in [4.69, 9.17) is 23.2 Å². The van der Waals surface area contributed by atoms with Gasteiger partial charge < -0.3 is 0 Å². The minimum atomic E-state index is 0.208. The van der Waals surface area contributed by atoms with E-state index in [1.54, 1.807) is 0 Å². The summed E-state index contributed by atoms with van der Waals surface area (Å²) in [6.45, 7) is 3.75. The summed E-state index contributed by atoms with van der Waals surface area (Å²) >= 11 is 12.0. The Morgan fingerprint density at radius 1 is 1.21 bits per heavy atom. The lowest BCUT2D eigenvalue weighted by Gasteiger charge is -2.21. The Hall–Kier alpha value is -1.16.